The minimum Gasteiger partial charge on any atom is -0.385 e. The van der Waals surface area contributed by atoms with Gasteiger partial charge in [-0.25, -0.2) is 0 Å². The van der Waals surface area contributed by atoms with Crippen LogP contribution in [0.4, 0.5) is 0 Å². The number of hydrogen-bond donors (Lipinski definition) is 1. The van der Waals surface area contributed by atoms with Crippen LogP contribution in [0.2, 0.25) is 5.02 Å². The average Bonchev–Trinajstić information content (AvgIpc) is 2.68. The van der Waals surface area contributed by atoms with Crippen LogP contribution in [0.3, 0.4) is 0 Å². The predicted molar refractivity (Wildman–Crippen MR) is 103 cm³/mol. The molecule has 1 fully saturated rings. The second-order valence-electron chi connectivity index (χ2n) is 6.99. The highest BCUT2D eigenvalue weighted by Gasteiger charge is 2.33. The first-order chi connectivity index (χ1) is 12.6. The van der Waals surface area contributed by atoms with Gasteiger partial charge in [-0.1, -0.05) is 29.8 Å². The van der Waals surface area contributed by atoms with Gasteiger partial charge in [-0.05, 0) is 61.6 Å². The summed E-state index contributed by atoms with van der Waals surface area (Å²) in [7, 11) is 0. The van der Waals surface area contributed by atoms with Gasteiger partial charge >= 0.3 is 0 Å². The standard InChI is InChI=1S/C21H24ClN3O/c22-20-7-5-19(6-8-20)21(26)9-13-25(14-10-21)12-2-4-17(15-23)18-3-1-11-24-16-18/h1,3,5-8,11,16-17,26H,2,4,9-10,12-14H2. The number of piperidine rings is 1. The lowest BCUT2D eigenvalue weighted by Gasteiger charge is -2.38. The molecule has 2 aromatic rings. The topological polar surface area (TPSA) is 60.2 Å². The summed E-state index contributed by atoms with van der Waals surface area (Å²) in [4.78, 5) is 6.48. The molecule has 1 saturated heterocycles. The number of aromatic nitrogens is 1. The number of hydrogen-bond acceptors (Lipinski definition) is 4. The average molecular weight is 370 g/mol. The molecule has 0 radical (unpaired) electrons. The molecule has 1 aromatic carbocycles. The van der Waals surface area contributed by atoms with E-state index in [0.717, 1.165) is 56.4 Å². The van der Waals surface area contributed by atoms with Crippen molar-refractivity contribution in [2.75, 3.05) is 19.6 Å². The van der Waals surface area contributed by atoms with Gasteiger partial charge in [0.1, 0.15) is 0 Å². The van der Waals surface area contributed by atoms with Crippen molar-refractivity contribution in [2.45, 2.75) is 37.2 Å². The van der Waals surface area contributed by atoms with Crippen LogP contribution in [0, 0.1) is 11.3 Å². The Bertz CT molecular complexity index is 734. The number of benzene rings is 1. The Morgan fingerprint density at radius 3 is 2.58 bits per heavy atom. The van der Waals surface area contributed by atoms with Gasteiger partial charge in [0.15, 0.2) is 0 Å². The van der Waals surface area contributed by atoms with Crippen LogP contribution < -0.4 is 0 Å². The van der Waals surface area contributed by atoms with Gasteiger partial charge in [0.25, 0.3) is 0 Å². The predicted octanol–water partition coefficient (Wildman–Crippen LogP) is 4.11. The highest BCUT2D eigenvalue weighted by atomic mass is 35.5. The lowest BCUT2D eigenvalue weighted by atomic mass is 9.84. The number of nitriles is 1. The smallest absolute Gasteiger partial charge is 0.0920 e. The summed E-state index contributed by atoms with van der Waals surface area (Å²) in [5.41, 5.74) is 1.18. The molecule has 0 spiro atoms. The number of rotatable bonds is 6. The van der Waals surface area contributed by atoms with Crippen LogP contribution in [0.15, 0.2) is 48.8 Å². The number of nitrogens with zero attached hydrogens (tertiary/aromatic N) is 3. The molecule has 0 amide bonds. The third-order valence-electron chi connectivity index (χ3n) is 5.27. The van der Waals surface area contributed by atoms with Crippen LogP contribution in [-0.2, 0) is 5.60 Å². The number of pyridine rings is 1. The minimum atomic E-state index is -0.758. The summed E-state index contributed by atoms with van der Waals surface area (Å²) in [5.74, 6) is -0.0977. The van der Waals surface area contributed by atoms with Crippen LogP contribution in [0.1, 0.15) is 42.7 Å². The maximum absolute atomic E-state index is 10.9. The maximum Gasteiger partial charge on any atom is 0.0920 e. The first-order valence-electron chi connectivity index (χ1n) is 9.11. The molecule has 0 saturated carbocycles. The lowest BCUT2D eigenvalue weighted by molar-refractivity contribution is -0.0261. The summed E-state index contributed by atoms with van der Waals surface area (Å²) in [6.07, 6.45) is 6.75. The number of halogens is 1. The molecule has 1 atom stereocenters. The van der Waals surface area contributed by atoms with E-state index < -0.39 is 5.60 Å². The molecule has 1 unspecified atom stereocenters. The largest absolute Gasteiger partial charge is 0.385 e. The Kier molecular flexibility index (Phi) is 6.26. The molecule has 1 aliphatic heterocycles. The first kappa shape index (κ1) is 18.8. The van der Waals surface area contributed by atoms with Gasteiger partial charge in [-0.2, -0.15) is 5.26 Å². The number of likely N-dealkylation sites (tertiary alicyclic amines) is 1. The lowest BCUT2D eigenvalue weighted by Crippen LogP contribution is -2.42. The fourth-order valence-corrected chi connectivity index (χ4v) is 3.73. The summed E-state index contributed by atoms with van der Waals surface area (Å²) in [6, 6.07) is 13.7. The molecular formula is C21H24ClN3O. The van der Waals surface area contributed by atoms with Crippen LogP contribution in [0.25, 0.3) is 0 Å². The molecule has 136 valence electrons. The molecule has 0 bridgehead atoms. The summed E-state index contributed by atoms with van der Waals surface area (Å²) in [6.45, 7) is 2.68. The third kappa shape index (κ3) is 4.62. The van der Waals surface area contributed by atoms with Gasteiger partial charge in [0, 0.05) is 30.5 Å². The zero-order valence-corrected chi connectivity index (χ0v) is 15.6. The monoisotopic (exact) mass is 369 g/mol. The number of aliphatic hydroxyl groups is 1. The normalized spacial score (nSPS) is 18.2. The van der Waals surface area contributed by atoms with E-state index in [9.17, 15) is 10.4 Å². The Labute approximate surface area is 160 Å². The second-order valence-corrected chi connectivity index (χ2v) is 7.43. The van der Waals surface area contributed by atoms with Crippen molar-refractivity contribution in [3.8, 4) is 6.07 Å². The van der Waals surface area contributed by atoms with Gasteiger partial charge < -0.3 is 10.0 Å². The fraction of sp³-hybridized carbons (Fsp3) is 0.429. The quantitative estimate of drug-likeness (QED) is 0.832. The van der Waals surface area contributed by atoms with Crippen molar-refractivity contribution in [2.24, 2.45) is 0 Å². The minimum absolute atomic E-state index is 0.0977. The molecule has 5 heteroatoms. The maximum atomic E-state index is 10.9. The molecule has 1 N–H and O–H groups in total. The zero-order chi connectivity index (χ0) is 18.4. The van der Waals surface area contributed by atoms with Crippen molar-refractivity contribution in [3.63, 3.8) is 0 Å². The van der Waals surface area contributed by atoms with Crippen LogP contribution in [0.5, 0.6) is 0 Å². The van der Waals surface area contributed by atoms with E-state index in [1.165, 1.54) is 0 Å². The van der Waals surface area contributed by atoms with E-state index in [1.807, 2.05) is 36.4 Å². The molecule has 1 aliphatic rings. The third-order valence-corrected chi connectivity index (χ3v) is 5.53. The highest BCUT2D eigenvalue weighted by molar-refractivity contribution is 6.30. The van der Waals surface area contributed by atoms with E-state index in [4.69, 9.17) is 11.6 Å². The summed E-state index contributed by atoms with van der Waals surface area (Å²) < 4.78 is 0. The summed E-state index contributed by atoms with van der Waals surface area (Å²) >= 11 is 5.94. The SMILES string of the molecule is N#CC(CCCN1CCC(O)(c2ccc(Cl)cc2)CC1)c1cccnc1. The van der Waals surface area contributed by atoms with Crippen LogP contribution in [-0.4, -0.2) is 34.6 Å². The van der Waals surface area contributed by atoms with Crippen molar-refractivity contribution in [1.82, 2.24) is 9.88 Å². The molecular weight excluding hydrogens is 346 g/mol. The van der Waals surface area contributed by atoms with Crippen molar-refractivity contribution in [1.29, 1.82) is 5.26 Å². The second kappa shape index (κ2) is 8.64. The Morgan fingerprint density at radius 1 is 1.23 bits per heavy atom. The fourth-order valence-electron chi connectivity index (χ4n) is 3.60. The molecule has 2 heterocycles. The Morgan fingerprint density at radius 2 is 1.96 bits per heavy atom. The van der Waals surface area contributed by atoms with Crippen molar-refractivity contribution < 1.29 is 5.11 Å². The van der Waals surface area contributed by atoms with E-state index in [1.54, 1.807) is 12.4 Å². The zero-order valence-electron chi connectivity index (χ0n) is 14.8. The summed E-state index contributed by atoms with van der Waals surface area (Å²) in [5, 5.41) is 21.0. The highest BCUT2D eigenvalue weighted by Crippen LogP contribution is 2.33. The first-order valence-corrected chi connectivity index (χ1v) is 9.49. The molecule has 0 aliphatic carbocycles. The Hall–Kier alpha value is -1.93. The molecule has 3 rings (SSSR count). The van der Waals surface area contributed by atoms with E-state index >= 15 is 0 Å². The molecule has 4 nitrogen and oxygen atoms in total. The van der Waals surface area contributed by atoms with Gasteiger partial charge in [0.2, 0.25) is 0 Å². The van der Waals surface area contributed by atoms with Gasteiger partial charge in [0.05, 0.1) is 17.6 Å². The van der Waals surface area contributed by atoms with Gasteiger partial charge in [-0.15, -0.1) is 0 Å². The Balaban J connectivity index is 1.47. The van der Waals surface area contributed by atoms with Crippen molar-refractivity contribution in [3.05, 3.63) is 64.9 Å². The molecule has 26 heavy (non-hydrogen) atoms. The van der Waals surface area contributed by atoms with Crippen molar-refractivity contribution >= 4 is 11.6 Å². The molecule has 1 aromatic heterocycles. The van der Waals surface area contributed by atoms with E-state index in [2.05, 4.69) is 16.0 Å². The van der Waals surface area contributed by atoms with E-state index in [-0.39, 0.29) is 5.92 Å². The van der Waals surface area contributed by atoms with Crippen LogP contribution >= 0.6 is 11.6 Å². The van der Waals surface area contributed by atoms with Gasteiger partial charge in [-0.3, -0.25) is 4.98 Å². The van der Waals surface area contributed by atoms with E-state index in [0.29, 0.717) is 5.02 Å².